The van der Waals surface area contributed by atoms with E-state index in [0.717, 1.165) is 15.2 Å². The van der Waals surface area contributed by atoms with Gasteiger partial charge in [0.2, 0.25) is 5.91 Å². The summed E-state index contributed by atoms with van der Waals surface area (Å²) in [6, 6.07) is 7.91. The first-order chi connectivity index (χ1) is 10.9. The lowest BCUT2D eigenvalue weighted by Gasteiger charge is -2.33. The zero-order valence-electron chi connectivity index (χ0n) is 13.7. The van der Waals surface area contributed by atoms with Crippen molar-refractivity contribution >= 4 is 33.4 Å². The maximum absolute atomic E-state index is 12.8. The fourth-order valence-corrected chi connectivity index (χ4v) is 3.95. The Morgan fingerprint density at radius 2 is 1.91 bits per heavy atom. The molecule has 2 rings (SSSR count). The monoisotopic (exact) mass is 334 g/mol. The SMILES string of the molecule is CCC(CC)(Cc1nc2ccccc2s1)C(=O)N(C)CC(=O)O. The van der Waals surface area contributed by atoms with Crippen LogP contribution in [0.3, 0.4) is 0 Å². The summed E-state index contributed by atoms with van der Waals surface area (Å²) in [7, 11) is 1.55. The van der Waals surface area contributed by atoms with Crippen LogP contribution >= 0.6 is 11.3 Å². The van der Waals surface area contributed by atoms with E-state index >= 15 is 0 Å². The fourth-order valence-electron chi connectivity index (χ4n) is 2.84. The van der Waals surface area contributed by atoms with Crippen molar-refractivity contribution in [2.75, 3.05) is 13.6 Å². The normalized spacial score (nSPS) is 11.6. The Balaban J connectivity index is 2.28. The minimum atomic E-state index is -0.998. The third-order valence-electron chi connectivity index (χ3n) is 4.35. The number of thiazole rings is 1. The van der Waals surface area contributed by atoms with Gasteiger partial charge in [-0.3, -0.25) is 9.59 Å². The molecule has 1 aromatic heterocycles. The van der Waals surface area contributed by atoms with Gasteiger partial charge in [-0.1, -0.05) is 26.0 Å². The fraction of sp³-hybridized carbons (Fsp3) is 0.471. The number of carbonyl (C=O) groups excluding carboxylic acids is 1. The summed E-state index contributed by atoms with van der Waals surface area (Å²) in [4.78, 5) is 29.6. The van der Waals surface area contributed by atoms with E-state index in [4.69, 9.17) is 5.11 Å². The van der Waals surface area contributed by atoms with E-state index in [1.54, 1.807) is 18.4 Å². The lowest BCUT2D eigenvalue weighted by atomic mass is 9.78. The summed E-state index contributed by atoms with van der Waals surface area (Å²) in [5.41, 5.74) is 0.345. The molecule has 1 amide bonds. The molecule has 0 fully saturated rings. The number of carboxylic acids is 1. The van der Waals surface area contributed by atoms with Gasteiger partial charge in [-0.05, 0) is 25.0 Å². The van der Waals surface area contributed by atoms with Crippen LogP contribution in [0.2, 0.25) is 0 Å². The van der Waals surface area contributed by atoms with Crippen molar-refractivity contribution in [3.8, 4) is 0 Å². The number of aromatic nitrogens is 1. The molecular weight excluding hydrogens is 312 g/mol. The summed E-state index contributed by atoms with van der Waals surface area (Å²) < 4.78 is 1.11. The van der Waals surface area contributed by atoms with Crippen LogP contribution in [0.25, 0.3) is 10.2 Å². The van der Waals surface area contributed by atoms with Crippen molar-refractivity contribution in [1.82, 2.24) is 9.88 Å². The smallest absolute Gasteiger partial charge is 0.323 e. The number of carboxylic acid groups (broad SMARTS) is 1. The molecule has 0 aliphatic rings. The standard InChI is InChI=1S/C17H22N2O3S/c1-4-17(5-2,16(22)19(3)11-15(20)21)10-14-18-12-8-6-7-9-13(12)23-14/h6-9H,4-5,10-11H2,1-3H3,(H,20,21). The van der Waals surface area contributed by atoms with Gasteiger partial charge >= 0.3 is 5.97 Å². The van der Waals surface area contributed by atoms with Crippen molar-refractivity contribution < 1.29 is 14.7 Å². The van der Waals surface area contributed by atoms with E-state index in [0.29, 0.717) is 19.3 Å². The highest BCUT2D eigenvalue weighted by atomic mass is 32.1. The van der Waals surface area contributed by atoms with Gasteiger partial charge in [0, 0.05) is 13.5 Å². The first-order valence-corrected chi connectivity index (χ1v) is 8.55. The Morgan fingerprint density at radius 3 is 2.48 bits per heavy atom. The van der Waals surface area contributed by atoms with E-state index in [2.05, 4.69) is 4.98 Å². The predicted molar refractivity (Wildman–Crippen MR) is 91.6 cm³/mol. The van der Waals surface area contributed by atoms with Crippen LogP contribution in [0.15, 0.2) is 24.3 Å². The van der Waals surface area contributed by atoms with Gasteiger partial charge in [0.15, 0.2) is 0 Å². The van der Waals surface area contributed by atoms with Gasteiger partial charge in [0.05, 0.1) is 20.6 Å². The Hall–Kier alpha value is -1.95. The summed E-state index contributed by atoms with van der Waals surface area (Å²) in [6.45, 7) is 3.67. The zero-order chi connectivity index (χ0) is 17.0. The summed E-state index contributed by atoms with van der Waals surface area (Å²) in [5.74, 6) is -1.12. The van der Waals surface area contributed by atoms with Crippen LogP contribution in [-0.2, 0) is 16.0 Å². The maximum Gasteiger partial charge on any atom is 0.323 e. The van der Waals surface area contributed by atoms with E-state index in [9.17, 15) is 9.59 Å². The number of fused-ring (bicyclic) bond motifs is 1. The quantitative estimate of drug-likeness (QED) is 0.844. The zero-order valence-corrected chi connectivity index (χ0v) is 14.5. The first kappa shape index (κ1) is 17.4. The first-order valence-electron chi connectivity index (χ1n) is 7.73. The highest BCUT2D eigenvalue weighted by molar-refractivity contribution is 7.18. The molecule has 0 atom stereocenters. The minimum Gasteiger partial charge on any atom is -0.480 e. The lowest BCUT2D eigenvalue weighted by molar-refractivity contribution is -0.149. The number of hydrogen-bond acceptors (Lipinski definition) is 4. The number of nitrogens with zero attached hydrogens (tertiary/aromatic N) is 2. The van der Waals surface area contributed by atoms with E-state index < -0.39 is 11.4 Å². The number of aliphatic carboxylic acids is 1. The number of benzene rings is 1. The molecule has 1 aromatic carbocycles. The van der Waals surface area contributed by atoms with Crippen molar-refractivity contribution in [3.05, 3.63) is 29.3 Å². The number of likely N-dealkylation sites (N-methyl/N-ethyl adjacent to an activating group) is 1. The van der Waals surface area contributed by atoms with Gasteiger partial charge in [0.1, 0.15) is 6.54 Å². The number of carbonyl (C=O) groups is 2. The highest BCUT2D eigenvalue weighted by Gasteiger charge is 2.38. The Bertz CT molecular complexity index is 674. The van der Waals surface area contributed by atoms with Crippen LogP contribution in [-0.4, -0.2) is 40.5 Å². The predicted octanol–water partition coefficient (Wildman–Crippen LogP) is 3.19. The summed E-state index contributed by atoms with van der Waals surface area (Å²) >= 11 is 1.60. The van der Waals surface area contributed by atoms with Gasteiger partial charge in [-0.25, -0.2) is 4.98 Å². The molecule has 0 saturated heterocycles. The van der Waals surface area contributed by atoms with Crippen molar-refractivity contribution in [2.24, 2.45) is 5.41 Å². The second kappa shape index (κ2) is 7.08. The number of para-hydroxylation sites is 1. The molecule has 0 saturated carbocycles. The summed E-state index contributed by atoms with van der Waals surface area (Å²) in [5, 5.41) is 9.85. The van der Waals surface area contributed by atoms with Crippen LogP contribution in [0.1, 0.15) is 31.7 Å². The number of hydrogen-bond donors (Lipinski definition) is 1. The van der Waals surface area contributed by atoms with Crippen molar-refractivity contribution in [2.45, 2.75) is 33.1 Å². The molecule has 0 radical (unpaired) electrons. The van der Waals surface area contributed by atoms with Crippen LogP contribution in [0.5, 0.6) is 0 Å². The van der Waals surface area contributed by atoms with Gasteiger partial charge in [-0.15, -0.1) is 11.3 Å². The second-order valence-corrected chi connectivity index (χ2v) is 6.91. The Labute approximate surface area is 139 Å². The average molecular weight is 334 g/mol. The van der Waals surface area contributed by atoms with Gasteiger partial charge in [-0.2, -0.15) is 0 Å². The highest BCUT2D eigenvalue weighted by Crippen LogP contribution is 2.35. The Kier molecular flexibility index (Phi) is 5.36. The molecule has 0 unspecified atom stereocenters. The molecule has 0 aliphatic carbocycles. The molecule has 2 aromatic rings. The molecule has 23 heavy (non-hydrogen) atoms. The second-order valence-electron chi connectivity index (χ2n) is 5.79. The van der Waals surface area contributed by atoms with Gasteiger partial charge in [0.25, 0.3) is 0 Å². The number of amides is 1. The van der Waals surface area contributed by atoms with Crippen LogP contribution < -0.4 is 0 Å². The maximum atomic E-state index is 12.8. The molecule has 0 spiro atoms. The molecule has 124 valence electrons. The third kappa shape index (κ3) is 3.69. The van der Waals surface area contributed by atoms with E-state index in [1.807, 2.05) is 38.1 Å². The number of rotatable bonds is 7. The molecule has 1 N–H and O–H groups in total. The minimum absolute atomic E-state index is 0.121. The topological polar surface area (TPSA) is 70.5 Å². The molecule has 5 nitrogen and oxygen atoms in total. The largest absolute Gasteiger partial charge is 0.480 e. The average Bonchev–Trinajstić information content (AvgIpc) is 2.93. The van der Waals surface area contributed by atoms with Gasteiger partial charge < -0.3 is 10.0 Å². The van der Waals surface area contributed by atoms with E-state index in [1.165, 1.54) is 4.90 Å². The molecule has 1 heterocycles. The summed E-state index contributed by atoms with van der Waals surface area (Å²) in [6.07, 6.45) is 1.85. The Morgan fingerprint density at radius 1 is 1.26 bits per heavy atom. The van der Waals surface area contributed by atoms with Crippen LogP contribution in [0, 0.1) is 5.41 Å². The lowest BCUT2D eigenvalue weighted by Crippen LogP contribution is -2.44. The van der Waals surface area contributed by atoms with Crippen LogP contribution in [0.4, 0.5) is 0 Å². The third-order valence-corrected chi connectivity index (χ3v) is 5.39. The van der Waals surface area contributed by atoms with Crippen molar-refractivity contribution in [1.29, 1.82) is 0 Å². The molecule has 6 heteroatoms. The van der Waals surface area contributed by atoms with E-state index in [-0.39, 0.29) is 12.5 Å². The molecule has 0 bridgehead atoms. The van der Waals surface area contributed by atoms with Crippen molar-refractivity contribution in [3.63, 3.8) is 0 Å². The molecular formula is C17H22N2O3S. The molecule has 0 aliphatic heterocycles.